The van der Waals surface area contributed by atoms with E-state index in [9.17, 15) is 9.59 Å². The lowest BCUT2D eigenvalue weighted by atomic mass is 10.1. The van der Waals surface area contributed by atoms with Crippen molar-refractivity contribution < 1.29 is 19.4 Å². The molecular formula is C13H25NO4. The summed E-state index contributed by atoms with van der Waals surface area (Å²) in [7, 11) is 0. The molecule has 5 heteroatoms. The predicted molar refractivity (Wildman–Crippen MR) is 69.4 cm³/mol. The quantitative estimate of drug-likeness (QED) is 0.587. The number of carbonyl (C=O) groups excluding carboxylic acids is 1. The van der Waals surface area contributed by atoms with Gasteiger partial charge >= 0.3 is 5.97 Å². The number of carboxylic acids is 1. The molecule has 0 aromatic rings. The summed E-state index contributed by atoms with van der Waals surface area (Å²) in [5.41, 5.74) is 0. The first-order valence-electron chi connectivity index (χ1n) is 6.52. The van der Waals surface area contributed by atoms with Crippen molar-refractivity contribution in [3.8, 4) is 0 Å². The Bertz CT molecular complexity index is 253. The zero-order valence-corrected chi connectivity index (χ0v) is 11.6. The fraction of sp³-hybridized carbons (Fsp3) is 0.846. The van der Waals surface area contributed by atoms with Crippen LogP contribution in [0.1, 0.15) is 46.5 Å². The second-order valence-electron chi connectivity index (χ2n) is 4.91. The third kappa shape index (κ3) is 11.4. The Balaban J connectivity index is 3.44. The van der Waals surface area contributed by atoms with Crippen molar-refractivity contribution in [2.75, 3.05) is 13.2 Å². The van der Waals surface area contributed by atoms with Crippen molar-refractivity contribution in [1.82, 2.24) is 5.32 Å². The predicted octanol–water partition coefficient (Wildman–Crippen LogP) is 1.81. The number of aliphatic carboxylic acids is 1. The van der Waals surface area contributed by atoms with Gasteiger partial charge in [0.2, 0.25) is 5.91 Å². The molecule has 0 heterocycles. The molecule has 0 aliphatic rings. The van der Waals surface area contributed by atoms with E-state index < -0.39 is 5.97 Å². The number of hydrogen-bond acceptors (Lipinski definition) is 3. The van der Waals surface area contributed by atoms with E-state index in [0.717, 1.165) is 6.42 Å². The molecule has 1 amide bonds. The Morgan fingerprint density at radius 2 is 1.89 bits per heavy atom. The average molecular weight is 259 g/mol. The van der Waals surface area contributed by atoms with Gasteiger partial charge in [0.25, 0.3) is 0 Å². The van der Waals surface area contributed by atoms with Gasteiger partial charge in [0.15, 0.2) is 0 Å². The standard InChI is InChI=1S/C13H25NO4/c1-10(2)9-11(3)18-8-6-12(15)14-7-4-5-13(16)17/h10-11H,4-9H2,1-3H3,(H,14,15)(H,16,17). The van der Waals surface area contributed by atoms with Gasteiger partial charge in [0, 0.05) is 19.4 Å². The summed E-state index contributed by atoms with van der Waals surface area (Å²) >= 11 is 0. The SMILES string of the molecule is CC(C)CC(C)OCCC(=O)NCCCC(=O)O. The fourth-order valence-electron chi connectivity index (χ4n) is 1.64. The largest absolute Gasteiger partial charge is 0.481 e. The van der Waals surface area contributed by atoms with Crippen molar-refractivity contribution in [3.63, 3.8) is 0 Å². The van der Waals surface area contributed by atoms with Crippen LogP contribution in [0.5, 0.6) is 0 Å². The van der Waals surface area contributed by atoms with Crippen molar-refractivity contribution in [2.45, 2.75) is 52.6 Å². The van der Waals surface area contributed by atoms with Crippen LogP contribution in [0.2, 0.25) is 0 Å². The highest BCUT2D eigenvalue weighted by Gasteiger charge is 2.07. The van der Waals surface area contributed by atoms with Crippen LogP contribution in [0.3, 0.4) is 0 Å². The van der Waals surface area contributed by atoms with E-state index in [1.54, 1.807) is 0 Å². The first-order valence-corrected chi connectivity index (χ1v) is 6.52. The summed E-state index contributed by atoms with van der Waals surface area (Å²) in [6.45, 7) is 7.10. The van der Waals surface area contributed by atoms with Crippen LogP contribution in [0, 0.1) is 5.92 Å². The van der Waals surface area contributed by atoms with Crippen molar-refractivity contribution in [3.05, 3.63) is 0 Å². The topological polar surface area (TPSA) is 75.6 Å². The van der Waals surface area contributed by atoms with E-state index in [2.05, 4.69) is 19.2 Å². The Morgan fingerprint density at radius 3 is 2.44 bits per heavy atom. The molecule has 0 fully saturated rings. The normalized spacial score (nSPS) is 12.4. The van der Waals surface area contributed by atoms with Crippen LogP contribution in [0.25, 0.3) is 0 Å². The van der Waals surface area contributed by atoms with Crippen molar-refractivity contribution >= 4 is 11.9 Å². The van der Waals surface area contributed by atoms with E-state index >= 15 is 0 Å². The van der Waals surface area contributed by atoms with E-state index in [0.29, 0.717) is 31.9 Å². The molecule has 0 radical (unpaired) electrons. The maximum absolute atomic E-state index is 11.4. The van der Waals surface area contributed by atoms with Crippen molar-refractivity contribution in [2.24, 2.45) is 5.92 Å². The third-order valence-electron chi connectivity index (χ3n) is 2.42. The molecule has 0 aromatic carbocycles. The Kier molecular flexibility index (Phi) is 9.28. The molecule has 5 nitrogen and oxygen atoms in total. The molecule has 0 aliphatic carbocycles. The molecule has 0 aromatic heterocycles. The van der Waals surface area contributed by atoms with Gasteiger partial charge in [-0.2, -0.15) is 0 Å². The van der Waals surface area contributed by atoms with Crippen LogP contribution < -0.4 is 5.32 Å². The smallest absolute Gasteiger partial charge is 0.303 e. The summed E-state index contributed by atoms with van der Waals surface area (Å²) in [5, 5.41) is 11.1. The molecule has 0 rings (SSSR count). The molecule has 106 valence electrons. The molecule has 0 aliphatic heterocycles. The van der Waals surface area contributed by atoms with Crippen LogP contribution in [0.4, 0.5) is 0 Å². The van der Waals surface area contributed by atoms with Gasteiger partial charge in [-0.3, -0.25) is 9.59 Å². The third-order valence-corrected chi connectivity index (χ3v) is 2.42. The molecular weight excluding hydrogens is 234 g/mol. The van der Waals surface area contributed by atoms with Crippen molar-refractivity contribution in [1.29, 1.82) is 0 Å². The number of ether oxygens (including phenoxy) is 1. The van der Waals surface area contributed by atoms with Gasteiger partial charge < -0.3 is 15.2 Å². The summed E-state index contributed by atoms with van der Waals surface area (Å²) in [4.78, 5) is 21.6. The minimum atomic E-state index is -0.838. The molecule has 0 spiro atoms. The van der Waals surface area contributed by atoms with Crippen LogP contribution >= 0.6 is 0 Å². The van der Waals surface area contributed by atoms with E-state index in [1.807, 2.05) is 6.92 Å². The maximum Gasteiger partial charge on any atom is 0.303 e. The van der Waals surface area contributed by atoms with E-state index in [4.69, 9.17) is 9.84 Å². The maximum atomic E-state index is 11.4. The zero-order chi connectivity index (χ0) is 14.0. The minimum Gasteiger partial charge on any atom is -0.481 e. The number of carboxylic acid groups (broad SMARTS) is 1. The highest BCUT2D eigenvalue weighted by atomic mass is 16.5. The van der Waals surface area contributed by atoms with E-state index in [1.165, 1.54) is 0 Å². The molecule has 1 unspecified atom stereocenters. The van der Waals surface area contributed by atoms with Gasteiger partial charge in [0.1, 0.15) is 0 Å². The minimum absolute atomic E-state index is 0.0855. The summed E-state index contributed by atoms with van der Waals surface area (Å²) < 4.78 is 5.51. The number of nitrogens with one attached hydrogen (secondary N) is 1. The summed E-state index contributed by atoms with van der Waals surface area (Å²) in [5.74, 6) is -0.336. The summed E-state index contributed by atoms with van der Waals surface area (Å²) in [6.07, 6.45) is 2.04. The monoisotopic (exact) mass is 259 g/mol. The Morgan fingerprint density at radius 1 is 1.22 bits per heavy atom. The van der Waals surface area contributed by atoms with Gasteiger partial charge in [-0.05, 0) is 25.7 Å². The van der Waals surface area contributed by atoms with E-state index in [-0.39, 0.29) is 18.4 Å². The van der Waals surface area contributed by atoms with Gasteiger partial charge in [-0.25, -0.2) is 0 Å². The lowest BCUT2D eigenvalue weighted by Gasteiger charge is -2.14. The highest BCUT2D eigenvalue weighted by Crippen LogP contribution is 2.07. The molecule has 2 N–H and O–H groups in total. The molecule has 0 saturated carbocycles. The average Bonchev–Trinajstić information content (AvgIpc) is 2.23. The molecule has 0 saturated heterocycles. The van der Waals surface area contributed by atoms with Crippen LogP contribution in [0.15, 0.2) is 0 Å². The highest BCUT2D eigenvalue weighted by molar-refractivity contribution is 5.76. The Labute approximate surface area is 109 Å². The number of rotatable bonds is 10. The van der Waals surface area contributed by atoms with Crippen LogP contribution in [-0.2, 0) is 14.3 Å². The number of amides is 1. The first kappa shape index (κ1) is 16.9. The molecule has 0 bridgehead atoms. The lowest BCUT2D eigenvalue weighted by molar-refractivity contribution is -0.137. The van der Waals surface area contributed by atoms with Gasteiger partial charge in [-0.15, -0.1) is 0 Å². The lowest BCUT2D eigenvalue weighted by Crippen LogP contribution is -2.26. The van der Waals surface area contributed by atoms with Crippen LogP contribution in [-0.4, -0.2) is 36.2 Å². The molecule has 1 atom stereocenters. The number of hydrogen-bond donors (Lipinski definition) is 2. The Hall–Kier alpha value is -1.10. The first-order chi connectivity index (χ1) is 8.41. The fourth-order valence-corrected chi connectivity index (χ4v) is 1.64. The van der Waals surface area contributed by atoms with Gasteiger partial charge in [0.05, 0.1) is 12.7 Å². The van der Waals surface area contributed by atoms with Gasteiger partial charge in [-0.1, -0.05) is 13.8 Å². The second-order valence-corrected chi connectivity index (χ2v) is 4.91. The molecule has 18 heavy (non-hydrogen) atoms. The summed E-state index contributed by atoms with van der Waals surface area (Å²) in [6, 6.07) is 0. The zero-order valence-electron chi connectivity index (χ0n) is 11.6. The second kappa shape index (κ2) is 9.88. The number of carbonyl (C=O) groups is 2.